The topological polar surface area (TPSA) is 47.6 Å². The molecular formula is C23H22FNO3S. The van der Waals surface area contributed by atoms with Crippen LogP contribution in [0, 0.1) is 5.82 Å². The van der Waals surface area contributed by atoms with E-state index in [0.717, 1.165) is 27.3 Å². The van der Waals surface area contributed by atoms with Crippen LogP contribution in [0.2, 0.25) is 0 Å². The van der Waals surface area contributed by atoms with E-state index in [-0.39, 0.29) is 23.7 Å². The zero-order valence-corrected chi connectivity index (χ0v) is 17.3. The molecule has 2 heterocycles. The van der Waals surface area contributed by atoms with Crippen LogP contribution in [0.3, 0.4) is 0 Å². The summed E-state index contributed by atoms with van der Waals surface area (Å²) in [5.41, 5.74) is 3.35. The van der Waals surface area contributed by atoms with Gasteiger partial charge >= 0.3 is 0 Å². The van der Waals surface area contributed by atoms with Crippen molar-refractivity contribution in [3.63, 3.8) is 0 Å². The van der Waals surface area contributed by atoms with Gasteiger partial charge in [0, 0.05) is 28.2 Å². The Morgan fingerprint density at radius 2 is 2.00 bits per heavy atom. The smallest absolute Gasteiger partial charge is 0.225 e. The quantitative estimate of drug-likeness (QED) is 0.575. The van der Waals surface area contributed by atoms with Gasteiger partial charge in [-0.25, -0.2) is 4.39 Å². The molecule has 1 N–H and O–H groups in total. The molecule has 2 aromatic carbocycles. The highest BCUT2D eigenvalue weighted by atomic mass is 32.1. The molecule has 0 saturated heterocycles. The third kappa shape index (κ3) is 3.85. The first-order valence-corrected chi connectivity index (χ1v) is 10.4. The number of nitrogens with one attached hydrogen (secondary N) is 1. The summed E-state index contributed by atoms with van der Waals surface area (Å²) in [4.78, 5) is 13.5. The molecule has 0 aliphatic carbocycles. The standard InChI is InChI=1S/C23H22FNO3S/c1-13(2)28-19-8-7-15(10-20(19)27-3)17-11-21(26)25-22-18(12-29-23(17)22)14-5-4-6-16(24)9-14/h4-10,12-13,17H,11H2,1-3H3,(H,25,26)/t17-/m1/s1. The van der Waals surface area contributed by atoms with Crippen LogP contribution in [-0.4, -0.2) is 19.1 Å². The number of benzene rings is 2. The van der Waals surface area contributed by atoms with Crippen molar-refractivity contribution >= 4 is 22.9 Å². The number of halogens is 1. The van der Waals surface area contributed by atoms with E-state index in [1.807, 2.05) is 43.5 Å². The number of hydrogen-bond acceptors (Lipinski definition) is 4. The average Bonchev–Trinajstić information content (AvgIpc) is 3.11. The summed E-state index contributed by atoms with van der Waals surface area (Å²) in [5.74, 6) is 0.878. The Labute approximate surface area is 173 Å². The van der Waals surface area contributed by atoms with E-state index in [4.69, 9.17) is 9.47 Å². The third-order valence-electron chi connectivity index (χ3n) is 4.88. The van der Waals surface area contributed by atoms with Crippen LogP contribution in [0.1, 0.15) is 36.6 Å². The minimum Gasteiger partial charge on any atom is -0.493 e. The summed E-state index contributed by atoms with van der Waals surface area (Å²) in [6, 6.07) is 12.2. The average molecular weight is 411 g/mol. The second-order valence-corrected chi connectivity index (χ2v) is 8.19. The van der Waals surface area contributed by atoms with Crippen molar-refractivity contribution in [1.29, 1.82) is 0 Å². The number of hydrogen-bond donors (Lipinski definition) is 1. The van der Waals surface area contributed by atoms with Crippen molar-refractivity contribution in [2.75, 3.05) is 12.4 Å². The minimum atomic E-state index is -0.299. The molecule has 1 aromatic heterocycles. The third-order valence-corrected chi connectivity index (χ3v) is 5.97. The SMILES string of the molecule is COc1cc([C@H]2CC(=O)Nc3c(-c4cccc(F)c4)csc32)ccc1OC(C)C. The Bertz CT molecular complexity index is 1060. The van der Waals surface area contributed by atoms with Crippen molar-refractivity contribution in [3.8, 4) is 22.6 Å². The summed E-state index contributed by atoms with van der Waals surface area (Å²) >= 11 is 1.58. The Morgan fingerprint density at radius 1 is 1.17 bits per heavy atom. The molecule has 0 fully saturated rings. The molecular weight excluding hydrogens is 389 g/mol. The Balaban J connectivity index is 1.75. The Hall–Kier alpha value is -2.86. The number of carbonyl (C=O) groups excluding carboxylic acids is 1. The predicted molar refractivity (Wildman–Crippen MR) is 114 cm³/mol. The molecule has 3 aromatic rings. The highest BCUT2D eigenvalue weighted by molar-refractivity contribution is 7.11. The molecule has 4 nitrogen and oxygen atoms in total. The van der Waals surface area contributed by atoms with Gasteiger partial charge in [0.15, 0.2) is 11.5 Å². The maximum Gasteiger partial charge on any atom is 0.225 e. The Morgan fingerprint density at radius 3 is 2.72 bits per heavy atom. The zero-order valence-electron chi connectivity index (χ0n) is 16.5. The molecule has 29 heavy (non-hydrogen) atoms. The predicted octanol–water partition coefficient (Wildman–Crippen LogP) is 5.82. The molecule has 4 rings (SSSR count). The van der Waals surface area contributed by atoms with E-state index in [0.29, 0.717) is 17.9 Å². The summed E-state index contributed by atoms with van der Waals surface area (Å²) in [5, 5.41) is 4.96. The molecule has 1 aliphatic heterocycles. The fourth-order valence-electron chi connectivity index (χ4n) is 3.62. The lowest BCUT2D eigenvalue weighted by Gasteiger charge is -2.25. The van der Waals surface area contributed by atoms with Gasteiger partial charge in [0.1, 0.15) is 5.82 Å². The molecule has 0 unspecified atom stereocenters. The number of ether oxygens (including phenoxy) is 2. The van der Waals surface area contributed by atoms with Crippen LogP contribution in [0.4, 0.5) is 10.1 Å². The largest absolute Gasteiger partial charge is 0.493 e. The molecule has 0 spiro atoms. The molecule has 0 saturated carbocycles. The fraction of sp³-hybridized carbons (Fsp3) is 0.261. The summed E-state index contributed by atoms with van der Waals surface area (Å²) in [6.07, 6.45) is 0.386. The minimum absolute atomic E-state index is 0.0351. The van der Waals surface area contributed by atoms with Crippen LogP contribution >= 0.6 is 11.3 Å². The van der Waals surface area contributed by atoms with Crippen LogP contribution in [0.15, 0.2) is 47.8 Å². The maximum absolute atomic E-state index is 13.7. The monoisotopic (exact) mass is 411 g/mol. The van der Waals surface area contributed by atoms with E-state index in [1.165, 1.54) is 12.1 Å². The molecule has 0 radical (unpaired) electrons. The highest BCUT2D eigenvalue weighted by Gasteiger charge is 2.31. The number of fused-ring (bicyclic) bond motifs is 1. The Kier molecular flexibility index (Phi) is 5.28. The van der Waals surface area contributed by atoms with E-state index >= 15 is 0 Å². The van der Waals surface area contributed by atoms with Crippen molar-refractivity contribution in [2.24, 2.45) is 0 Å². The zero-order chi connectivity index (χ0) is 20.5. The fourth-order valence-corrected chi connectivity index (χ4v) is 4.78. The first-order valence-electron chi connectivity index (χ1n) is 9.48. The van der Waals surface area contributed by atoms with Gasteiger partial charge in [-0.05, 0) is 49.2 Å². The summed E-state index contributed by atoms with van der Waals surface area (Å²) in [7, 11) is 1.61. The highest BCUT2D eigenvalue weighted by Crippen LogP contribution is 2.47. The number of amides is 1. The van der Waals surface area contributed by atoms with Crippen molar-refractivity contribution in [1.82, 2.24) is 0 Å². The lowest BCUT2D eigenvalue weighted by molar-refractivity contribution is -0.116. The van der Waals surface area contributed by atoms with E-state index < -0.39 is 0 Å². The molecule has 6 heteroatoms. The number of carbonyl (C=O) groups is 1. The molecule has 150 valence electrons. The second-order valence-electron chi connectivity index (χ2n) is 7.28. The van der Waals surface area contributed by atoms with Crippen LogP contribution in [-0.2, 0) is 4.79 Å². The van der Waals surface area contributed by atoms with Gasteiger partial charge in [-0.2, -0.15) is 0 Å². The number of rotatable bonds is 5. The van der Waals surface area contributed by atoms with Crippen LogP contribution < -0.4 is 14.8 Å². The van der Waals surface area contributed by atoms with Gasteiger partial charge in [-0.1, -0.05) is 18.2 Å². The van der Waals surface area contributed by atoms with Crippen molar-refractivity contribution < 1.29 is 18.7 Å². The lowest BCUT2D eigenvalue weighted by atomic mass is 9.89. The first kappa shape index (κ1) is 19.5. The van der Waals surface area contributed by atoms with Crippen LogP contribution in [0.25, 0.3) is 11.1 Å². The van der Waals surface area contributed by atoms with Gasteiger partial charge in [0.25, 0.3) is 0 Å². The number of thiophene rings is 1. The molecule has 0 bridgehead atoms. The summed E-state index contributed by atoms with van der Waals surface area (Å²) < 4.78 is 25.0. The van der Waals surface area contributed by atoms with Gasteiger partial charge in [-0.3, -0.25) is 4.79 Å². The number of anilines is 1. The molecule has 1 atom stereocenters. The van der Waals surface area contributed by atoms with Gasteiger partial charge in [0.05, 0.1) is 18.9 Å². The molecule has 1 amide bonds. The van der Waals surface area contributed by atoms with E-state index in [9.17, 15) is 9.18 Å². The van der Waals surface area contributed by atoms with Crippen molar-refractivity contribution in [2.45, 2.75) is 32.3 Å². The van der Waals surface area contributed by atoms with E-state index in [1.54, 1.807) is 24.5 Å². The lowest BCUT2D eigenvalue weighted by Crippen LogP contribution is -2.22. The second kappa shape index (κ2) is 7.87. The first-order chi connectivity index (χ1) is 14.0. The maximum atomic E-state index is 13.7. The number of methoxy groups -OCH3 is 1. The molecule has 1 aliphatic rings. The van der Waals surface area contributed by atoms with Gasteiger partial charge in [0.2, 0.25) is 5.91 Å². The van der Waals surface area contributed by atoms with Gasteiger partial charge in [-0.15, -0.1) is 11.3 Å². The van der Waals surface area contributed by atoms with Crippen molar-refractivity contribution in [3.05, 3.63) is 64.1 Å². The van der Waals surface area contributed by atoms with Gasteiger partial charge < -0.3 is 14.8 Å². The van der Waals surface area contributed by atoms with Crippen LogP contribution in [0.5, 0.6) is 11.5 Å². The summed E-state index contributed by atoms with van der Waals surface area (Å²) in [6.45, 7) is 3.93. The normalized spacial score (nSPS) is 15.8. The van der Waals surface area contributed by atoms with E-state index in [2.05, 4.69) is 5.32 Å².